The van der Waals surface area contributed by atoms with E-state index >= 15 is 0 Å². The predicted molar refractivity (Wildman–Crippen MR) is 89.6 cm³/mol. The molecule has 0 saturated heterocycles. The Morgan fingerprint density at radius 1 is 1.04 bits per heavy atom. The van der Waals surface area contributed by atoms with E-state index in [0.29, 0.717) is 0 Å². The lowest BCUT2D eigenvalue weighted by atomic mass is 10.2. The Labute approximate surface area is 156 Å². The SMILES string of the molecule is Cc1c(F)c(Br)cc(OC(=O)Oc2cc(Br)c(F)cc2Cl)c1Cl. The van der Waals surface area contributed by atoms with E-state index in [1.165, 1.54) is 19.1 Å². The first-order valence-corrected chi connectivity index (χ1v) is 8.23. The summed E-state index contributed by atoms with van der Waals surface area (Å²) in [6.45, 7) is 1.43. The fourth-order valence-electron chi connectivity index (χ4n) is 1.56. The molecule has 0 saturated carbocycles. The van der Waals surface area contributed by atoms with Crippen LogP contribution in [0.2, 0.25) is 10.0 Å². The van der Waals surface area contributed by atoms with Crippen molar-refractivity contribution in [1.29, 1.82) is 0 Å². The number of rotatable bonds is 2. The van der Waals surface area contributed by atoms with Gasteiger partial charge in [-0.3, -0.25) is 0 Å². The van der Waals surface area contributed by atoms with Gasteiger partial charge in [0.05, 0.1) is 19.0 Å². The second-order valence-electron chi connectivity index (χ2n) is 4.26. The highest BCUT2D eigenvalue weighted by Gasteiger charge is 2.19. The van der Waals surface area contributed by atoms with Gasteiger partial charge in [0.1, 0.15) is 11.6 Å². The van der Waals surface area contributed by atoms with Crippen LogP contribution in [-0.2, 0) is 0 Å². The number of carbonyl (C=O) groups is 1. The lowest BCUT2D eigenvalue weighted by Crippen LogP contribution is -2.14. The van der Waals surface area contributed by atoms with Crippen LogP contribution in [0.4, 0.5) is 13.6 Å². The van der Waals surface area contributed by atoms with Crippen molar-refractivity contribution < 1.29 is 23.0 Å². The summed E-state index contributed by atoms with van der Waals surface area (Å²) in [5.41, 5.74) is 0.103. The first-order valence-electron chi connectivity index (χ1n) is 5.89. The summed E-state index contributed by atoms with van der Waals surface area (Å²) in [4.78, 5) is 11.8. The van der Waals surface area contributed by atoms with Gasteiger partial charge in [0, 0.05) is 5.56 Å². The molecule has 0 N–H and O–H groups in total. The van der Waals surface area contributed by atoms with Crippen LogP contribution >= 0.6 is 55.1 Å². The van der Waals surface area contributed by atoms with Gasteiger partial charge >= 0.3 is 6.16 Å². The van der Waals surface area contributed by atoms with Crippen LogP contribution in [0, 0.1) is 18.6 Å². The number of carbonyl (C=O) groups excluding carboxylic acids is 1. The molecule has 0 aliphatic carbocycles. The summed E-state index contributed by atoms with van der Waals surface area (Å²) in [5, 5.41) is -0.195. The highest BCUT2D eigenvalue weighted by atomic mass is 79.9. The third-order valence-electron chi connectivity index (χ3n) is 2.70. The minimum atomic E-state index is -1.16. The van der Waals surface area contributed by atoms with Crippen LogP contribution < -0.4 is 9.47 Å². The van der Waals surface area contributed by atoms with E-state index in [4.69, 9.17) is 32.7 Å². The summed E-state index contributed by atoms with van der Waals surface area (Å²) >= 11 is 17.6. The highest BCUT2D eigenvalue weighted by Crippen LogP contribution is 2.35. The molecule has 0 aliphatic heterocycles. The molecular formula is C14H6Br2Cl2F2O3. The predicted octanol–water partition coefficient (Wildman–Crippen LogP) is 6.68. The second kappa shape index (κ2) is 7.34. The molecule has 0 unspecified atom stereocenters. The van der Waals surface area contributed by atoms with E-state index in [0.717, 1.165) is 6.07 Å². The zero-order valence-corrected chi connectivity index (χ0v) is 15.9. The number of halogens is 6. The maximum Gasteiger partial charge on any atom is 0.519 e. The lowest BCUT2D eigenvalue weighted by Gasteiger charge is -2.11. The lowest BCUT2D eigenvalue weighted by molar-refractivity contribution is 0.151. The van der Waals surface area contributed by atoms with Crippen LogP contribution in [-0.4, -0.2) is 6.16 Å². The fraction of sp³-hybridized carbons (Fsp3) is 0.0714. The normalized spacial score (nSPS) is 10.6. The van der Waals surface area contributed by atoms with Crippen molar-refractivity contribution >= 4 is 61.2 Å². The summed E-state index contributed by atoms with van der Waals surface area (Å²) in [6.07, 6.45) is -1.16. The molecule has 0 radical (unpaired) electrons. The second-order valence-corrected chi connectivity index (χ2v) is 6.75. The molecular weight excluding hydrogens is 485 g/mol. The molecule has 0 amide bonds. The molecule has 0 spiro atoms. The molecule has 2 aromatic carbocycles. The Hall–Kier alpha value is -0.890. The van der Waals surface area contributed by atoms with E-state index in [1.54, 1.807) is 0 Å². The van der Waals surface area contributed by atoms with Crippen molar-refractivity contribution in [2.24, 2.45) is 0 Å². The van der Waals surface area contributed by atoms with Gasteiger partial charge in [-0.05, 0) is 57.0 Å². The molecule has 3 nitrogen and oxygen atoms in total. The van der Waals surface area contributed by atoms with Crippen molar-refractivity contribution in [3.63, 3.8) is 0 Å². The number of ether oxygens (including phenoxy) is 2. The zero-order chi connectivity index (χ0) is 17.3. The standard InChI is InChI=1S/C14H6Br2Cl2F2O3/c1-5-12(18)11(3-7(16)13(5)20)23-14(21)22-10-2-6(15)9(19)4-8(10)17/h2-4H,1H3. The van der Waals surface area contributed by atoms with Crippen LogP contribution in [0.3, 0.4) is 0 Å². The largest absolute Gasteiger partial charge is 0.519 e. The van der Waals surface area contributed by atoms with E-state index < -0.39 is 17.8 Å². The molecule has 122 valence electrons. The van der Waals surface area contributed by atoms with Crippen molar-refractivity contribution in [3.05, 3.63) is 54.4 Å². The van der Waals surface area contributed by atoms with Gasteiger partial charge in [-0.15, -0.1) is 0 Å². The third-order valence-corrected chi connectivity index (χ3v) is 4.65. The smallest absolute Gasteiger partial charge is 0.393 e. The average molecular weight is 491 g/mol. The molecule has 0 atom stereocenters. The van der Waals surface area contributed by atoms with E-state index in [-0.39, 0.29) is 36.1 Å². The first kappa shape index (κ1) is 18.4. The Bertz CT molecular complexity index is 800. The van der Waals surface area contributed by atoms with E-state index in [9.17, 15) is 13.6 Å². The highest BCUT2D eigenvalue weighted by molar-refractivity contribution is 9.10. The third kappa shape index (κ3) is 4.15. The summed E-state index contributed by atoms with van der Waals surface area (Å²) in [5.74, 6) is -1.39. The van der Waals surface area contributed by atoms with Crippen molar-refractivity contribution in [2.75, 3.05) is 0 Å². The maximum absolute atomic E-state index is 13.6. The Morgan fingerprint density at radius 2 is 1.61 bits per heavy atom. The molecule has 0 fully saturated rings. The van der Waals surface area contributed by atoms with Crippen LogP contribution in [0.1, 0.15) is 5.56 Å². The van der Waals surface area contributed by atoms with Gasteiger partial charge < -0.3 is 9.47 Å². The van der Waals surface area contributed by atoms with E-state index in [2.05, 4.69) is 31.9 Å². The molecule has 23 heavy (non-hydrogen) atoms. The monoisotopic (exact) mass is 488 g/mol. The summed E-state index contributed by atoms with van der Waals surface area (Å²) < 4.78 is 36.9. The minimum Gasteiger partial charge on any atom is -0.393 e. The van der Waals surface area contributed by atoms with Gasteiger partial charge in [0.15, 0.2) is 11.5 Å². The molecule has 2 aromatic rings. The molecule has 9 heteroatoms. The van der Waals surface area contributed by atoms with Crippen molar-refractivity contribution in [3.8, 4) is 11.5 Å². The van der Waals surface area contributed by atoms with E-state index in [1.807, 2.05) is 0 Å². The van der Waals surface area contributed by atoms with Crippen LogP contribution in [0.25, 0.3) is 0 Å². The van der Waals surface area contributed by atoms with Gasteiger partial charge in [0.2, 0.25) is 0 Å². The molecule has 0 heterocycles. The first-order chi connectivity index (χ1) is 10.7. The van der Waals surface area contributed by atoms with Crippen LogP contribution in [0.15, 0.2) is 27.1 Å². The van der Waals surface area contributed by atoms with Gasteiger partial charge in [-0.1, -0.05) is 23.2 Å². The summed E-state index contributed by atoms with van der Waals surface area (Å²) in [7, 11) is 0. The Kier molecular flexibility index (Phi) is 5.89. The fourth-order valence-corrected chi connectivity index (χ4v) is 2.75. The number of benzene rings is 2. The molecule has 0 aliphatic rings. The van der Waals surface area contributed by atoms with Crippen molar-refractivity contribution in [2.45, 2.75) is 6.92 Å². The topological polar surface area (TPSA) is 35.5 Å². The van der Waals surface area contributed by atoms with Gasteiger partial charge in [-0.2, -0.15) is 0 Å². The minimum absolute atomic E-state index is 0.0584. The van der Waals surface area contributed by atoms with Gasteiger partial charge in [-0.25, -0.2) is 13.6 Å². The Balaban J connectivity index is 2.23. The maximum atomic E-state index is 13.6. The molecule has 0 aromatic heterocycles. The average Bonchev–Trinajstić information content (AvgIpc) is 2.48. The zero-order valence-electron chi connectivity index (χ0n) is 11.2. The van der Waals surface area contributed by atoms with Crippen LogP contribution in [0.5, 0.6) is 11.5 Å². The van der Waals surface area contributed by atoms with Gasteiger partial charge in [0.25, 0.3) is 0 Å². The molecule has 2 rings (SSSR count). The quantitative estimate of drug-likeness (QED) is 0.267. The summed E-state index contributed by atoms with van der Waals surface area (Å²) in [6, 6.07) is 3.33. The number of hydrogen-bond donors (Lipinski definition) is 0. The number of hydrogen-bond acceptors (Lipinski definition) is 3. The van der Waals surface area contributed by atoms with Crippen molar-refractivity contribution in [1.82, 2.24) is 0 Å². The Morgan fingerprint density at radius 3 is 2.26 bits per heavy atom. The molecule has 0 bridgehead atoms.